The van der Waals surface area contributed by atoms with Gasteiger partial charge in [0.05, 0.1) is 18.9 Å². The van der Waals surface area contributed by atoms with Crippen molar-refractivity contribution in [1.82, 2.24) is 19.9 Å². The van der Waals surface area contributed by atoms with Crippen molar-refractivity contribution in [1.29, 1.82) is 0 Å². The lowest BCUT2D eigenvalue weighted by atomic mass is 10.1. The Balaban J connectivity index is 0.00000131. The Hall–Kier alpha value is -2.35. The Kier molecular flexibility index (Phi) is 7.01. The van der Waals surface area contributed by atoms with E-state index in [-0.39, 0.29) is 30.7 Å². The number of oxazole rings is 1. The number of carbonyl (C=O) groups excluding carboxylic acids is 1. The Morgan fingerprint density at radius 3 is 2.78 bits per heavy atom. The number of fused-ring (bicyclic) bond motifs is 1. The van der Waals surface area contributed by atoms with Gasteiger partial charge in [-0.05, 0) is 12.1 Å². The minimum atomic E-state index is -0.595. The molecule has 1 atom stereocenters. The third kappa shape index (κ3) is 4.50. The maximum atomic E-state index is 12.6. The number of imidazole rings is 1. The molecule has 0 fully saturated rings. The van der Waals surface area contributed by atoms with E-state index in [1.807, 2.05) is 30.3 Å². The number of benzene rings is 1. The summed E-state index contributed by atoms with van der Waals surface area (Å²) < 4.78 is 5.87. The molecular formula is C18H21Cl2N5O2. The third-order valence-electron chi connectivity index (χ3n) is 4.37. The van der Waals surface area contributed by atoms with Crippen molar-refractivity contribution < 1.29 is 9.21 Å². The summed E-state index contributed by atoms with van der Waals surface area (Å²) >= 11 is 0. The summed E-state index contributed by atoms with van der Waals surface area (Å²) in [7, 11) is 0. The zero-order valence-electron chi connectivity index (χ0n) is 14.5. The van der Waals surface area contributed by atoms with Crippen LogP contribution in [0.1, 0.15) is 17.1 Å². The first-order valence-corrected chi connectivity index (χ1v) is 8.26. The fraction of sp³-hybridized carbons (Fsp3) is 0.278. The number of nitrogens with two attached hydrogens (primary N) is 1. The van der Waals surface area contributed by atoms with Crippen molar-refractivity contribution in [2.75, 3.05) is 6.54 Å². The molecule has 0 saturated heterocycles. The van der Waals surface area contributed by atoms with E-state index in [4.69, 9.17) is 10.2 Å². The summed E-state index contributed by atoms with van der Waals surface area (Å²) in [5.74, 6) is 1.37. The highest BCUT2D eigenvalue weighted by Gasteiger charge is 2.28. The summed E-state index contributed by atoms with van der Waals surface area (Å²) in [6, 6.07) is 9.17. The summed E-state index contributed by atoms with van der Waals surface area (Å²) in [6.45, 7) is 1.02. The van der Waals surface area contributed by atoms with Gasteiger partial charge < -0.3 is 20.0 Å². The second kappa shape index (κ2) is 9.03. The fourth-order valence-electron chi connectivity index (χ4n) is 3.05. The molecule has 0 unspecified atom stereocenters. The molecule has 0 radical (unpaired) electrons. The van der Waals surface area contributed by atoms with Gasteiger partial charge in [-0.1, -0.05) is 18.2 Å². The van der Waals surface area contributed by atoms with Gasteiger partial charge >= 0.3 is 0 Å². The minimum absolute atomic E-state index is 0. The van der Waals surface area contributed by atoms with E-state index in [9.17, 15) is 4.79 Å². The molecule has 144 valence electrons. The number of nitrogens with one attached hydrogen (secondary N) is 1. The molecule has 1 amide bonds. The Morgan fingerprint density at radius 1 is 1.30 bits per heavy atom. The molecule has 0 spiro atoms. The normalized spacial score (nSPS) is 13.9. The summed E-state index contributed by atoms with van der Waals surface area (Å²) in [5.41, 5.74) is 8.67. The van der Waals surface area contributed by atoms with Crippen LogP contribution in [0.15, 0.2) is 47.3 Å². The standard InChI is InChI=1S/C18H19N5O2.2ClH/c19-14(8-13-9-20-11-21-13)18(24)23-7-6-16-15(10-23)22-17(25-16)12-4-2-1-3-5-12;;/h1-5,9,11,14H,6-8,10,19H2,(H,20,21);2*1H/t14-;;/m0../s1. The zero-order valence-corrected chi connectivity index (χ0v) is 16.1. The highest BCUT2D eigenvalue weighted by atomic mass is 35.5. The van der Waals surface area contributed by atoms with E-state index in [1.165, 1.54) is 0 Å². The molecule has 3 N–H and O–H groups in total. The average Bonchev–Trinajstić information content (AvgIpc) is 3.30. The van der Waals surface area contributed by atoms with Crippen LogP contribution in [0.5, 0.6) is 0 Å². The average molecular weight is 410 g/mol. The van der Waals surface area contributed by atoms with E-state index in [2.05, 4.69) is 15.0 Å². The maximum absolute atomic E-state index is 12.6. The number of nitrogens with zero attached hydrogens (tertiary/aromatic N) is 3. The zero-order chi connectivity index (χ0) is 17.2. The molecule has 2 aromatic heterocycles. The number of amides is 1. The number of hydrogen-bond acceptors (Lipinski definition) is 5. The van der Waals surface area contributed by atoms with Crippen LogP contribution in [-0.2, 0) is 24.2 Å². The smallest absolute Gasteiger partial charge is 0.240 e. The summed E-state index contributed by atoms with van der Waals surface area (Å²) in [4.78, 5) is 25.9. The van der Waals surface area contributed by atoms with E-state index >= 15 is 0 Å². The van der Waals surface area contributed by atoms with Gasteiger partial charge in [0.25, 0.3) is 0 Å². The predicted octanol–water partition coefficient (Wildman–Crippen LogP) is 2.36. The van der Waals surface area contributed by atoms with Crippen molar-refractivity contribution in [3.8, 4) is 11.5 Å². The molecule has 7 nitrogen and oxygen atoms in total. The van der Waals surface area contributed by atoms with Gasteiger partial charge in [-0.3, -0.25) is 4.79 Å². The molecule has 1 aromatic carbocycles. The summed E-state index contributed by atoms with van der Waals surface area (Å²) in [6.07, 6.45) is 4.36. The van der Waals surface area contributed by atoms with E-state index in [0.717, 1.165) is 22.7 Å². The van der Waals surface area contributed by atoms with Crippen molar-refractivity contribution in [3.05, 3.63) is 60.0 Å². The second-order valence-corrected chi connectivity index (χ2v) is 6.15. The van der Waals surface area contributed by atoms with Crippen LogP contribution < -0.4 is 5.73 Å². The third-order valence-corrected chi connectivity index (χ3v) is 4.37. The summed E-state index contributed by atoms with van der Waals surface area (Å²) in [5, 5.41) is 0. The Morgan fingerprint density at radius 2 is 2.07 bits per heavy atom. The highest BCUT2D eigenvalue weighted by molar-refractivity contribution is 5.85. The molecule has 1 aliphatic rings. The van der Waals surface area contributed by atoms with Gasteiger partial charge in [-0.15, -0.1) is 24.8 Å². The second-order valence-electron chi connectivity index (χ2n) is 6.15. The van der Waals surface area contributed by atoms with Gasteiger partial charge in [0.2, 0.25) is 11.8 Å². The lowest BCUT2D eigenvalue weighted by molar-refractivity contribution is -0.133. The largest absolute Gasteiger partial charge is 0.441 e. The maximum Gasteiger partial charge on any atom is 0.240 e. The number of aromatic amines is 1. The van der Waals surface area contributed by atoms with Crippen LogP contribution in [-0.4, -0.2) is 38.3 Å². The van der Waals surface area contributed by atoms with Gasteiger partial charge in [0.15, 0.2) is 0 Å². The Bertz CT molecular complexity index is 867. The topological polar surface area (TPSA) is 101 Å². The molecule has 0 aliphatic carbocycles. The van der Waals surface area contributed by atoms with Crippen LogP contribution in [0.25, 0.3) is 11.5 Å². The van der Waals surface area contributed by atoms with Crippen LogP contribution in [0.4, 0.5) is 0 Å². The first-order valence-electron chi connectivity index (χ1n) is 8.26. The van der Waals surface area contributed by atoms with Crippen molar-refractivity contribution in [2.45, 2.75) is 25.4 Å². The fourth-order valence-corrected chi connectivity index (χ4v) is 3.05. The van der Waals surface area contributed by atoms with Crippen LogP contribution >= 0.6 is 24.8 Å². The quantitative estimate of drug-likeness (QED) is 0.688. The number of carbonyl (C=O) groups is 1. The predicted molar refractivity (Wildman–Crippen MR) is 106 cm³/mol. The molecule has 3 aromatic rings. The molecule has 4 rings (SSSR count). The first-order chi connectivity index (χ1) is 12.2. The molecule has 9 heteroatoms. The van der Waals surface area contributed by atoms with Crippen molar-refractivity contribution in [2.24, 2.45) is 5.73 Å². The number of halogens is 2. The Labute approximate surface area is 169 Å². The van der Waals surface area contributed by atoms with Gasteiger partial charge in [0, 0.05) is 36.8 Å². The first kappa shape index (κ1) is 21.0. The molecular weight excluding hydrogens is 389 g/mol. The molecule has 1 aliphatic heterocycles. The van der Waals surface area contributed by atoms with Gasteiger partial charge in [0.1, 0.15) is 11.5 Å². The van der Waals surface area contributed by atoms with Crippen molar-refractivity contribution in [3.63, 3.8) is 0 Å². The molecule has 27 heavy (non-hydrogen) atoms. The number of aromatic nitrogens is 3. The number of hydrogen-bond donors (Lipinski definition) is 2. The number of rotatable bonds is 4. The SMILES string of the molecule is Cl.Cl.N[C@@H](Cc1cnc[nH]1)C(=O)N1CCc2oc(-c3ccccc3)nc2C1. The monoisotopic (exact) mass is 409 g/mol. The minimum Gasteiger partial charge on any atom is -0.441 e. The molecule has 3 heterocycles. The van der Waals surface area contributed by atoms with Crippen LogP contribution in [0.2, 0.25) is 0 Å². The van der Waals surface area contributed by atoms with Gasteiger partial charge in [-0.2, -0.15) is 0 Å². The van der Waals surface area contributed by atoms with E-state index in [0.29, 0.717) is 31.8 Å². The van der Waals surface area contributed by atoms with Crippen molar-refractivity contribution >= 4 is 30.7 Å². The number of H-pyrrole nitrogens is 1. The van der Waals surface area contributed by atoms with E-state index in [1.54, 1.807) is 17.4 Å². The van der Waals surface area contributed by atoms with Gasteiger partial charge in [-0.25, -0.2) is 9.97 Å². The van der Waals surface area contributed by atoms with Crippen LogP contribution in [0.3, 0.4) is 0 Å². The molecule has 0 bridgehead atoms. The highest BCUT2D eigenvalue weighted by Crippen LogP contribution is 2.26. The van der Waals surface area contributed by atoms with E-state index < -0.39 is 6.04 Å². The lowest BCUT2D eigenvalue weighted by Crippen LogP contribution is -2.46. The van der Waals surface area contributed by atoms with Crippen LogP contribution in [0, 0.1) is 0 Å². The molecule has 0 saturated carbocycles. The lowest BCUT2D eigenvalue weighted by Gasteiger charge is -2.27.